The Morgan fingerprint density at radius 1 is 1.28 bits per heavy atom. The van der Waals surface area contributed by atoms with Crippen molar-refractivity contribution in [3.8, 4) is 0 Å². The van der Waals surface area contributed by atoms with Crippen LogP contribution in [0.15, 0.2) is 22.7 Å². The minimum absolute atomic E-state index is 0.248. The highest BCUT2D eigenvalue weighted by atomic mass is 79.9. The summed E-state index contributed by atoms with van der Waals surface area (Å²) in [7, 11) is 0. The molecule has 0 aliphatic carbocycles. The van der Waals surface area contributed by atoms with Gasteiger partial charge in [-0.05, 0) is 29.7 Å². The average Bonchev–Trinajstić information content (AvgIpc) is 2.29. The van der Waals surface area contributed by atoms with Gasteiger partial charge in [0.05, 0.1) is 6.10 Å². The molecule has 1 aromatic carbocycles. The van der Waals surface area contributed by atoms with E-state index in [9.17, 15) is 9.50 Å². The standard InChI is InChI=1S/C14H21BrFNO/c1-3-11(4-2)14(18)9-17-8-10-5-12(15)7-13(16)6-10/h5-7,11,14,17-18H,3-4,8-9H2,1-2H3. The molecule has 1 unspecified atom stereocenters. The van der Waals surface area contributed by atoms with Crippen LogP contribution in [0.1, 0.15) is 32.3 Å². The van der Waals surface area contributed by atoms with Crippen molar-refractivity contribution in [1.29, 1.82) is 0 Å². The van der Waals surface area contributed by atoms with Crippen LogP contribution in [0.5, 0.6) is 0 Å². The van der Waals surface area contributed by atoms with E-state index in [4.69, 9.17) is 0 Å². The largest absolute Gasteiger partial charge is 0.392 e. The lowest BCUT2D eigenvalue weighted by atomic mass is 9.96. The van der Waals surface area contributed by atoms with Crippen LogP contribution in [0.4, 0.5) is 4.39 Å². The van der Waals surface area contributed by atoms with Crippen LogP contribution in [0.3, 0.4) is 0 Å². The van der Waals surface area contributed by atoms with E-state index < -0.39 is 0 Å². The first-order chi connectivity index (χ1) is 8.56. The van der Waals surface area contributed by atoms with Crippen LogP contribution >= 0.6 is 15.9 Å². The zero-order chi connectivity index (χ0) is 13.5. The van der Waals surface area contributed by atoms with Crippen molar-refractivity contribution in [1.82, 2.24) is 5.32 Å². The number of aliphatic hydroxyl groups excluding tert-OH is 1. The Morgan fingerprint density at radius 2 is 1.94 bits per heavy atom. The summed E-state index contributed by atoms with van der Waals surface area (Å²) in [5.74, 6) is 0.0819. The Labute approximate surface area is 117 Å². The molecule has 1 rings (SSSR count). The maximum absolute atomic E-state index is 13.1. The van der Waals surface area contributed by atoms with E-state index in [1.165, 1.54) is 12.1 Å². The molecule has 0 aliphatic heterocycles. The minimum atomic E-state index is -0.336. The van der Waals surface area contributed by atoms with Gasteiger partial charge in [-0.25, -0.2) is 4.39 Å². The minimum Gasteiger partial charge on any atom is -0.392 e. The average molecular weight is 318 g/mol. The predicted molar refractivity (Wildman–Crippen MR) is 75.9 cm³/mol. The number of rotatable bonds is 7. The van der Waals surface area contributed by atoms with E-state index in [0.717, 1.165) is 22.9 Å². The van der Waals surface area contributed by atoms with Gasteiger partial charge < -0.3 is 10.4 Å². The highest BCUT2D eigenvalue weighted by Crippen LogP contribution is 2.15. The van der Waals surface area contributed by atoms with Gasteiger partial charge in [-0.2, -0.15) is 0 Å². The first kappa shape index (κ1) is 15.6. The predicted octanol–water partition coefficient (Wildman–Crippen LogP) is 3.47. The van der Waals surface area contributed by atoms with Crippen molar-refractivity contribution in [2.45, 2.75) is 39.3 Å². The number of benzene rings is 1. The molecule has 1 aromatic rings. The summed E-state index contributed by atoms with van der Waals surface area (Å²) in [5.41, 5.74) is 0.874. The number of hydrogen-bond acceptors (Lipinski definition) is 2. The Hall–Kier alpha value is -0.450. The lowest BCUT2D eigenvalue weighted by Crippen LogP contribution is -2.32. The van der Waals surface area contributed by atoms with Gasteiger partial charge in [-0.1, -0.05) is 42.6 Å². The molecular weight excluding hydrogens is 297 g/mol. The fourth-order valence-corrected chi connectivity index (χ4v) is 2.59. The SMILES string of the molecule is CCC(CC)C(O)CNCc1cc(F)cc(Br)c1. The molecule has 4 heteroatoms. The van der Waals surface area contributed by atoms with Crippen LogP contribution < -0.4 is 5.32 Å². The number of hydrogen-bond donors (Lipinski definition) is 2. The molecule has 0 spiro atoms. The van der Waals surface area contributed by atoms with Crippen LogP contribution in [0.25, 0.3) is 0 Å². The Morgan fingerprint density at radius 3 is 2.50 bits per heavy atom. The van der Waals surface area contributed by atoms with Gasteiger partial charge in [0.15, 0.2) is 0 Å². The van der Waals surface area contributed by atoms with Crippen molar-refractivity contribution >= 4 is 15.9 Å². The Kier molecular flexibility index (Phi) is 6.82. The third-order valence-corrected chi connectivity index (χ3v) is 3.66. The van der Waals surface area contributed by atoms with E-state index in [1.807, 2.05) is 6.07 Å². The maximum Gasteiger partial charge on any atom is 0.124 e. The molecule has 0 bridgehead atoms. The quantitative estimate of drug-likeness (QED) is 0.807. The molecule has 0 saturated heterocycles. The monoisotopic (exact) mass is 317 g/mol. The first-order valence-electron chi connectivity index (χ1n) is 6.40. The van der Waals surface area contributed by atoms with Gasteiger partial charge in [-0.3, -0.25) is 0 Å². The summed E-state index contributed by atoms with van der Waals surface area (Å²) in [6.07, 6.45) is 1.62. The molecular formula is C14H21BrFNO. The Balaban J connectivity index is 2.41. The summed E-state index contributed by atoms with van der Waals surface area (Å²) < 4.78 is 13.9. The van der Waals surface area contributed by atoms with Gasteiger partial charge in [0.1, 0.15) is 5.82 Å². The third kappa shape index (κ3) is 5.04. The van der Waals surface area contributed by atoms with Crippen molar-refractivity contribution in [3.63, 3.8) is 0 Å². The van der Waals surface area contributed by atoms with Crippen molar-refractivity contribution in [2.24, 2.45) is 5.92 Å². The van der Waals surface area contributed by atoms with Crippen LogP contribution in [-0.2, 0) is 6.54 Å². The summed E-state index contributed by atoms with van der Waals surface area (Å²) in [6, 6.07) is 4.81. The highest BCUT2D eigenvalue weighted by Gasteiger charge is 2.14. The van der Waals surface area contributed by atoms with Gasteiger partial charge in [-0.15, -0.1) is 0 Å². The molecule has 0 fully saturated rings. The zero-order valence-corrected chi connectivity index (χ0v) is 12.5. The van der Waals surface area contributed by atoms with E-state index in [1.54, 1.807) is 0 Å². The van der Waals surface area contributed by atoms with Crippen LogP contribution in [0.2, 0.25) is 0 Å². The molecule has 1 atom stereocenters. The molecule has 2 nitrogen and oxygen atoms in total. The number of nitrogens with one attached hydrogen (secondary N) is 1. The fraction of sp³-hybridized carbons (Fsp3) is 0.571. The smallest absolute Gasteiger partial charge is 0.124 e. The van der Waals surface area contributed by atoms with E-state index in [0.29, 0.717) is 19.0 Å². The topological polar surface area (TPSA) is 32.3 Å². The second kappa shape index (κ2) is 7.87. The molecule has 0 heterocycles. The zero-order valence-electron chi connectivity index (χ0n) is 10.9. The van der Waals surface area contributed by atoms with Gasteiger partial charge in [0, 0.05) is 17.6 Å². The van der Waals surface area contributed by atoms with Crippen LogP contribution in [-0.4, -0.2) is 17.8 Å². The molecule has 0 saturated carbocycles. The molecule has 102 valence electrons. The molecule has 0 radical (unpaired) electrons. The summed E-state index contributed by atoms with van der Waals surface area (Å²) in [4.78, 5) is 0. The number of aliphatic hydroxyl groups is 1. The Bertz CT molecular complexity index is 349. The summed E-state index contributed by atoms with van der Waals surface area (Å²) in [6.45, 7) is 5.27. The lowest BCUT2D eigenvalue weighted by molar-refractivity contribution is 0.101. The molecule has 0 aromatic heterocycles. The molecule has 2 N–H and O–H groups in total. The van der Waals surface area contributed by atoms with E-state index in [-0.39, 0.29) is 11.9 Å². The van der Waals surface area contributed by atoms with Gasteiger partial charge in [0.2, 0.25) is 0 Å². The second-order valence-electron chi connectivity index (χ2n) is 4.55. The fourth-order valence-electron chi connectivity index (χ4n) is 2.08. The molecule has 0 amide bonds. The maximum atomic E-state index is 13.1. The molecule has 18 heavy (non-hydrogen) atoms. The lowest BCUT2D eigenvalue weighted by Gasteiger charge is -2.20. The van der Waals surface area contributed by atoms with Crippen molar-refractivity contribution < 1.29 is 9.50 Å². The third-order valence-electron chi connectivity index (χ3n) is 3.20. The van der Waals surface area contributed by atoms with E-state index in [2.05, 4.69) is 35.1 Å². The highest BCUT2D eigenvalue weighted by molar-refractivity contribution is 9.10. The first-order valence-corrected chi connectivity index (χ1v) is 7.19. The van der Waals surface area contributed by atoms with Crippen molar-refractivity contribution in [2.75, 3.05) is 6.54 Å². The van der Waals surface area contributed by atoms with Crippen LogP contribution in [0, 0.1) is 11.7 Å². The molecule has 0 aliphatic rings. The van der Waals surface area contributed by atoms with Gasteiger partial charge >= 0.3 is 0 Å². The number of halogens is 2. The van der Waals surface area contributed by atoms with Crippen molar-refractivity contribution in [3.05, 3.63) is 34.1 Å². The normalized spacial score (nSPS) is 13.0. The van der Waals surface area contributed by atoms with Gasteiger partial charge in [0.25, 0.3) is 0 Å². The second-order valence-corrected chi connectivity index (χ2v) is 5.47. The van der Waals surface area contributed by atoms with E-state index >= 15 is 0 Å². The summed E-state index contributed by atoms with van der Waals surface area (Å²) >= 11 is 3.26. The summed E-state index contributed by atoms with van der Waals surface area (Å²) in [5, 5.41) is 13.1.